The number of nitrogens with one attached hydrogen (secondary N) is 1. The van der Waals surface area contributed by atoms with E-state index in [2.05, 4.69) is 10.3 Å². The van der Waals surface area contributed by atoms with Crippen LogP contribution in [0.1, 0.15) is 40.7 Å². The van der Waals surface area contributed by atoms with Gasteiger partial charge in [-0.15, -0.1) is 11.3 Å². The summed E-state index contributed by atoms with van der Waals surface area (Å²) >= 11 is 1.34. The Morgan fingerprint density at radius 1 is 1.12 bits per heavy atom. The molecule has 0 aliphatic heterocycles. The van der Waals surface area contributed by atoms with Crippen molar-refractivity contribution >= 4 is 33.9 Å². The average molecular weight is 448 g/mol. The number of nitrogens with zero attached hydrogens (tertiary/aromatic N) is 2. The monoisotopic (exact) mass is 447 g/mol. The molecule has 7 heteroatoms. The minimum atomic E-state index is -0.433. The molecule has 3 aromatic heterocycles. The molecule has 1 aromatic carbocycles. The molecule has 0 spiro atoms. The number of thiophene rings is 1. The van der Waals surface area contributed by atoms with Crippen LogP contribution in [-0.2, 0) is 16.0 Å². The number of carbonyl (C=O) groups is 2. The number of carbonyl (C=O) groups excluding carboxylic acids is 2. The fourth-order valence-corrected chi connectivity index (χ4v) is 4.66. The number of fused-ring (bicyclic) bond motifs is 1. The normalized spacial score (nSPS) is 11.0. The summed E-state index contributed by atoms with van der Waals surface area (Å²) in [7, 11) is 0. The van der Waals surface area contributed by atoms with Crippen LogP contribution < -0.4 is 5.32 Å². The van der Waals surface area contributed by atoms with Crippen molar-refractivity contribution in [1.82, 2.24) is 9.38 Å². The Hall–Kier alpha value is -3.45. The van der Waals surface area contributed by atoms with Gasteiger partial charge in [0.1, 0.15) is 16.2 Å². The van der Waals surface area contributed by atoms with E-state index in [4.69, 9.17) is 4.74 Å². The van der Waals surface area contributed by atoms with E-state index in [1.165, 1.54) is 11.3 Å². The first-order chi connectivity index (χ1) is 15.5. The number of esters is 1. The second kappa shape index (κ2) is 9.36. The van der Waals surface area contributed by atoms with Gasteiger partial charge in [-0.05, 0) is 44.9 Å². The molecule has 6 nitrogen and oxygen atoms in total. The van der Waals surface area contributed by atoms with E-state index >= 15 is 0 Å². The lowest BCUT2D eigenvalue weighted by atomic mass is 10.0. The molecular weight excluding hydrogens is 422 g/mol. The van der Waals surface area contributed by atoms with Gasteiger partial charge in [0.2, 0.25) is 5.91 Å². The molecule has 4 aromatic rings. The predicted octanol–water partition coefficient (Wildman–Crippen LogP) is 5.43. The lowest BCUT2D eigenvalue weighted by Gasteiger charge is -2.09. The molecule has 1 amide bonds. The number of amides is 1. The topological polar surface area (TPSA) is 72.7 Å². The van der Waals surface area contributed by atoms with Crippen LogP contribution >= 0.6 is 11.3 Å². The number of rotatable bonds is 7. The number of aromatic nitrogens is 2. The third-order valence-electron chi connectivity index (χ3n) is 5.30. The average Bonchev–Trinajstić information content (AvgIpc) is 3.33. The Morgan fingerprint density at radius 2 is 1.91 bits per heavy atom. The van der Waals surface area contributed by atoms with Crippen molar-refractivity contribution in [1.29, 1.82) is 0 Å². The largest absolute Gasteiger partial charge is 0.462 e. The smallest absolute Gasteiger partial charge is 0.341 e. The molecule has 0 aliphatic rings. The van der Waals surface area contributed by atoms with Gasteiger partial charge < -0.3 is 14.5 Å². The quantitative estimate of drug-likeness (QED) is 0.384. The second-order valence-corrected chi connectivity index (χ2v) is 8.44. The van der Waals surface area contributed by atoms with Crippen molar-refractivity contribution in [2.45, 2.75) is 33.6 Å². The highest BCUT2D eigenvalue weighted by atomic mass is 32.1. The number of benzene rings is 1. The summed E-state index contributed by atoms with van der Waals surface area (Å²) in [6, 6.07) is 13.8. The molecule has 0 aliphatic carbocycles. The van der Waals surface area contributed by atoms with Crippen LogP contribution in [0, 0.1) is 13.8 Å². The lowest BCUT2D eigenvalue weighted by Crippen LogP contribution is -2.15. The van der Waals surface area contributed by atoms with Gasteiger partial charge in [-0.2, -0.15) is 0 Å². The standard InChI is InChI=1S/C25H25N3O3S/c1-4-31-25(30)23-19(18-10-8-16(2)9-11-18)15-32-24(23)27-22(29)13-12-20-17(3)26-21-7-5-6-14-28(20)21/h5-11,14-15H,4,12-13H2,1-3H3,(H,27,29). The summed E-state index contributed by atoms with van der Waals surface area (Å²) in [4.78, 5) is 30.1. The SMILES string of the molecule is CCOC(=O)c1c(-c2ccc(C)cc2)csc1NC(=O)CCc1c(C)nc2ccccn12. The molecule has 0 atom stereocenters. The zero-order valence-electron chi connectivity index (χ0n) is 18.3. The molecule has 3 heterocycles. The van der Waals surface area contributed by atoms with Crippen molar-refractivity contribution in [2.75, 3.05) is 11.9 Å². The van der Waals surface area contributed by atoms with Gasteiger partial charge in [-0.1, -0.05) is 35.9 Å². The minimum absolute atomic E-state index is 0.155. The van der Waals surface area contributed by atoms with Crippen LogP contribution in [0.4, 0.5) is 5.00 Å². The van der Waals surface area contributed by atoms with Gasteiger partial charge in [0.15, 0.2) is 0 Å². The molecule has 0 saturated heterocycles. The van der Waals surface area contributed by atoms with E-state index in [9.17, 15) is 9.59 Å². The molecule has 0 unspecified atom stereocenters. The summed E-state index contributed by atoms with van der Waals surface area (Å²) < 4.78 is 7.29. The summed E-state index contributed by atoms with van der Waals surface area (Å²) in [5.74, 6) is -0.588. The first-order valence-corrected chi connectivity index (χ1v) is 11.4. The second-order valence-electron chi connectivity index (χ2n) is 7.56. The third-order valence-corrected chi connectivity index (χ3v) is 6.20. The molecule has 0 fully saturated rings. The first kappa shape index (κ1) is 21.8. The maximum Gasteiger partial charge on any atom is 0.341 e. The van der Waals surface area contributed by atoms with Gasteiger partial charge in [0, 0.05) is 29.3 Å². The highest BCUT2D eigenvalue weighted by molar-refractivity contribution is 7.15. The molecule has 32 heavy (non-hydrogen) atoms. The van der Waals surface area contributed by atoms with Crippen molar-refractivity contribution < 1.29 is 14.3 Å². The summed E-state index contributed by atoms with van der Waals surface area (Å²) in [5, 5.41) is 5.33. The van der Waals surface area contributed by atoms with Crippen molar-refractivity contribution in [3.8, 4) is 11.1 Å². The third kappa shape index (κ3) is 4.43. The van der Waals surface area contributed by atoms with E-state index in [0.29, 0.717) is 17.0 Å². The first-order valence-electron chi connectivity index (χ1n) is 10.6. The number of ether oxygens (including phenoxy) is 1. The number of anilines is 1. The van der Waals surface area contributed by atoms with Crippen molar-refractivity contribution in [3.05, 3.63) is 76.6 Å². The van der Waals surface area contributed by atoms with Crippen LogP contribution in [0.15, 0.2) is 54.0 Å². The molecule has 0 bridgehead atoms. The Kier molecular flexibility index (Phi) is 6.37. The van der Waals surface area contributed by atoms with E-state index in [1.807, 2.05) is 72.3 Å². The Morgan fingerprint density at radius 3 is 2.66 bits per heavy atom. The number of pyridine rings is 1. The summed E-state index contributed by atoms with van der Waals surface area (Å²) in [6.45, 7) is 6.00. The molecular formula is C25H25N3O3S. The van der Waals surface area contributed by atoms with Crippen molar-refractivity contribution in [3.63, 3.8) is 0 Å². The zero-order chi connectivity index (χ0) is 22.7. The molecule has 4 rings (SSSR count). The Balaban J connectivity index is 1.55. The highest BCUT2D eigenvalue weighted by Gasteiger charge is 2.23. The van der Waals surface area contributed by atoms with Crippen LogP contribution in [0.2, 0.25) is 0 Å². The Labute approximate surface area is 190 Å². The van der Waals surface area contributed by atoms with Gasteiger partial charge in [-0.3, -0.25) is 4.79 Å². The van der Waals surface area contributed by atoms with E-state index in [-0.39, 0.29) is 18.9 Å². The van der Waals surface area contributed by atoms with Gasteiger partial charge in [0.05, 0.1) is 12.3 Å². The van der Waals surface area contributed by atoms with Gasteiger partial charge >= 0.3 is 5.97 Å². The van der Waals surface area contributed by atoms with Crippen LogP contribution in [0.25, 0.3) is 16.8 Å². The highest BCUT2D eigenvalue weighted by Crippen LogP contribution is 2.36. The Bertz CT molecular complexity index is 1270. The van der Waals surface area contributed by atoms with Crippen molar-refractivity contribution in [2.24, 2.45) is 0 Å². The minimum Gasteiger partial charge on any atom is -0.462 e. The van der Waals surface area contributed by atoms with Crippen LogP contribution in [0.5, 0.6) is 0 Å². The number of imidazole rings is 1. The van der Waals surface area contributed by atoms with E-state index < -0.39 is 5.97 Å². The maximum atomic E-state index is 12.8. The van der Waals surface area contributed by atoms with E-state index in [1.54, 1.807) is 6.92 Å². The number of hydrogen-bond acceptors (Lipinski definition) is 5. The van der Waals surface area contributed by atoms with E-state index in [0.717, 1.165) is 33.7 Å². The molecule has 164 valence electrons. The van der Waals surface area contributed by atoms with Crippen LogP contribution in [-0.4, -0.2) is 27.9 Å². The molecule has 0 saturated carbocycles. The van der Waals surface area contributed by atoms with Gasteiger partial charge in [0.25, 0.3) is 0 Å². The fourth-order valence-electron chi connectivity index (χ4n) is 3.69. The summed E-state index contributed by atoms with van der Waals surface area (Å²) in [5.41, 5.74) is 6.00. The lowest BCUT2D eigenvalue weighted by molar-refractivity contribution is -0.116. The summed E-state index contributed by atoms with van der Waals surface area (Å²) in [6.07, 6.45) is 2.78. The van der Waals surface area contributed by atoms with Crippen LogP contribution in [0.3, 0.4) is 0 Å². The zero-order valence-corrected chi connectivity index (χ0v) is 19.2. The number of aryl methyl sites for hydroxylation is 3. The predicted molar refractivity (Wildman–Crippen MR) is 127 cm³/mol. The molecule has 0 radical (unpaired) electrons. The molecule has 1 N–H and O–H groups in total. The number of hydrogen-bond donors (Lipinski definition) is 1. The fraction of sp³-hybridized carbons (Fsp3) is 0.240. The van der Waals surface area contributed by atoms with Gasteiger partial charge in [-0.25, -0.2) is 9.78 Å². The maximum absolute atomic E-state index is 12.8.